The van der Waals surface area contributed by atoms with E-state index in [4.69, 9.17) is 14.7 Å². The zero-order valence-corrected chi connectivity index (χ0v) is 22.5. The molecule has 1 aromatic carbocycles. The number of likely N-dealkylation sites (N-methyl/N-ethyl adjacent to an activating group) is 1. The van der Waals surface area contributed by atoms with Crippen molar-refractivity contribution in [2.75, 3.05) is 44.7 Å². The zero-order chi connectivity index (χ0) is 26.7. The van der Waals surface area contributed by atoms with Crippen molar-refractivity contribution in [3.05, 3.63) is 46.6 Å². The number of anilines is 1. The molecule has 3 fully saturated rings. The highest BCUT2D eigenvalue weighted by Gasteiger charge is 2.44. The van der Waals surface area contributed by atoms with Gasteiger partial charge in [0.25, 0.3) is 0 Å². The van der Waals surface area contributed by atoms with Crippen molar-refractivity contribution in [3.8, 4) is 6.01 Å². The molecule has 7 rings (SSSR count). The number of piperazine rings is 1. The van der Waals surface area contributed by atoms with Crippen LogP contribution in [0.15, 0.2) is 24.3 Å². The van der Waals surface area contributed by atoms with E-state index < -0.39 is 6.09 Å². The van der Waals surface area contributed by atoms with Gasteiger partial charge in [0.05, 0.1) is 17.8 Å². The van der Waals surface area contributed by atoms with Crippen LogP contribution in [-0.4, -0.2) is 99.6 Å². The second-order valence-electron chi connectivity index (χ2n) is 11.8. The molecule has 4 atom stereocenters. The van der Waals surface area contributed by atoms with Gasteiger partial charge >= 0.3 is 12.1 Å². The minimum Gasteiger partial charge on any atom is -0.465 e. The highest BCUT2D eigenvalue weighted by molar-refractivity contribution is 6.01. The van der Waals surface area contributed by atoms with Crippen LogP contribution < -0.4 is 9.64 Å². The Kier molecular flexibility index (Phi) is 6.19. The Labute approximate surface area is 228 Å². The molecule has 5 aliphatic rings. The Balaban J connectivity index is 1.19. The van der Waals surface area contributed by atoms with E-state index in [2.05, 4.69) is 27.8 Å². The van der Waals surface area contributed by atoms with Gasteiger partial charge in [-0.3, -0.25) is 14.6 Å². The maximum Gasteiger partial charge on any atom is 0.407 e. The van der Waals surface area contributed by atoms with Crippen molar-refractivity contribution in [1.29, 1.82) is 0 Å². The molecule has 5 heterocycles. The summed E-state index contributed by atoms with van der Waals surface area (Å²) in [7, 11) is 2.14. The van der Waals surface area contributed by atoms with Crippen molar-refractivity contribution in [2.45, 2.75) is 69.2 Å². The summed E-state index contributed by atoms with van der Waals surface area (Å²) in [5.41, 5.74) is 4.05. The number of benzene rings is 1. The van der Waals surface area contributed by atoms with E-state index in [1.165, 1.54) is 6.42 Å². The van der Waals surface area contributed by atoms with Gasteiger partial charge in [0.15, 0.2) is 5.78 Å². The van der Waals surface area contributed by atoms with Crippen LogP contribution in [0.3, 0.4) is 0 Å². The molecule has 1 aromatic heterocycles. The summed E-state index contributed by atoms with van der Waals surface area (Å²) in [4.78, 5) is 43.2. The molecular formula is C29H36N6O4. The van der Waals surface area contributed by atoms with Gasteiger partial charge in [-0.15, -0.1) is 0 Å². The van der Waals surface area contributed by atoms with Crippen LogP contribution in [0, 0.1) is 0 Å². The molecule has 0 spiro atoms. The van der Waals surface area contributed by atoms with Gasteiger partial charge in [-0.1, -0.05) is 24.3 Å². The van der Waals surface area contributed by atoms with Crippen LogP contribution in [0.2, 0.25) is 0 Å². The topological polar surface area (TPSA) is 102 Å². The van der Waals surface area contributed by atoms with Gasteiger partial charge in [0, 0.05) is 55.8 Å². The van der Waals surface area contributed by atoms with Crippen LogP contribution in [-0.2, 0) is 13.0 Å². The lowest BCUT2D eigenvalue weighted by Gasteiger charge is -2.41. The largest absolute Gasteiger partial charge is 0.465 e. The second-order valence-corrected chi connectivity index (χ2v) is 11.8. The molecule has 2 aromatic rings. The molecule has 10 nitrogen and oxygen atoms in total. The van der Waals surface area contributed by atoms with E-state index in [1.54, 1.807) is 4.90 Å². The van der Waals surface area contributed by atoms with Gasteiger partial charge in [-0.25, -0.2) is 4.79 Å². The Bertz CT molecular complexity index is 1290. The van der Waals surface area contributed by atoms with E-state index in [9.17, 15) is 14.7 Å². The lowest BCUT2D eigenvalue weighted by atomic mass is 10.00. The van der Waals surface area contributed by atoms with Crippen molar-refractivity contribution >= 4 is 17.7 Å². The number of hydrogen-bond acceptors (Lipinski definition) is 8. The first-order chi connectivity index (χ1) is 19.0. The third kappa shape index (κ3) is 4.34. The number of likely N-dealkylation sites (tertiary alicyclic amines) is 1. The third-order valence-electron chi connectivity index (χ3n) is 9.57. The molecule has 206 valence electrons. The first kappa shape index (κ1) is 24.8. The molecule has 0 radical (unpaired) electrons. The van der Waals surface area contributed by atoms with Gasteiger partial charge in [0.2, 0.25) is 0 Å². The number of aromatic nitrogens is 2. The summed E-state index contributed by atoms with van der Waals surface area (Å²) in [6, 6.07) is 8.78. The molecule has 1 unspecified atom stereocenters. The molecule has 4 aliphatic heterocycles. The van der Waals surface area contributed by atoms with Crippen LogP contribution in [0.5, 0.6) is 6.01 Å². The van der Waals surface area contributed by atoms with E-state index >= 15 is 0 Å². The normalized spacial score (nSPS) is 28.6. The smallest absolute Gasteiger partial charge is 0.407 e. The molecule has 1 amide bonds. The minimum atomic E-state index is -0.821. The standard InChI is InChI=1S/C29H36N6O4/c1-32-11-4-5-20(32)17-39-28-30-24-16-33(25-13-26(36)22-7-3-2-6-21(22)25)12-10-23(24)27(31-28)34-14-18-8-9-19(15-34)35(18)29(37)38/h2-3,6-7,18-20,25H,4-5,8-17H2,1H3,(H,37,38)/t18-,19+,20-,25?/m0/s1. The average Bonchev–Trinajstić information content (AvgIpc) is 3.59. The first-order valence-corrected chi connectivity index (χ1v) is 14.3. The number of amides is 1. The number of Topliss-reactive ketones (excluding diaryl/α,β-unsaturated/α-hetero) is 1. The Morgan fingerprint density at radius 1 is 1.10 bits per heavy atom. The van der Waals surface area contributed by atoms with E-state index in [0.29, 0.717) is 44.7 Å². The number of carbonyl (C=O) groups excluding carboxylic acids is 1. The summed E-state index contributed by atoms with van der Waals surface area (Å²) in [5.74, 6) is 1.11. The van der Waals surface area contributed by atoms with Gasteiger partial charge in [-0.05, 0) is 51.3 Å². The monoisotopic (exact) mass is 532 g/mol. The van der Waals surface area contributed by atoms with Crippen LogP contribution in [0.25, 0.3) is 0 Å². The highest BCUT2D eigenvalue weighted by atomic mass is 16.5. The summed E-state index contributed by atoms with van der Waals surface area (Å²) in [6.45, 7) is 4.39. The molecule has 3 saturated heterocycles. The second kappa shape index (κ2) is 9.75. The van der Waals surface area contributed by atoms with Crippen LogP contribution >= 0.6 is 0 Å². The molecule has 10 heteroatoms. The number of ketones is 1. The number of rotatable bonds is 5. The highest BCUT2D eigenvalue weighted by Crippen LogP contribution is 2.40. The molecular weight excluding hydrogens is 496 g/mol. The third-order valence-corrected chi connectivity index (χ3v) is 9.57. The van der Waals surface area contributed by atoms with Crippen molar-refractivity contribution in [1.82, 2.24) is 24.7 Å². The van der Waals surface area contributed by atoms with Crippen LogP contribution in [0.1, 0.15) is 65.3 Å². The van der Waals surface area contributed by atoms with Crippen molar-refractivity contribution in [3.63, 3.8) is 0 Å². The van der Waals surface area contributed by atoms with E-state index in [-0.39, 0.29) is 23.9 Å². The number of hydrogen-bond donors (Lipinski definition) is 1. The average molecular weight is 533 g/mol. The fourth-order valence-electron chi connectivity index (χ4n) is 7.51. The number of carbonyl (C=O) groups is 2. The molecule has 39 heavy (non-hydrogen) atoms. The maximum atomic E-state index is 12.7. The fraction of sp³-hybridized carbons (Fsp3) is 0.586. The Morgan fingerprint density at radius 2 is 1.90 bits per heavy atom. The molecule has 1 aliphatic carbocycles. The number of carboxylic acid groups (broad SMARTS) is 1. The quantitative estimate of drug-likeness (QED) is 0.623. The van der Waals surface area contributed by atoms with Crippen molar-refractivity contribution < 1.29 is 19.4 Å². The van der Waals surface area contributed by atoms with Crippen LogP contribution in [0.4, 0.5) is 10.6 Å². The molecule has 0 saturated carbocycles. The lowest BCUT2D eigenvalue weighted by Crippen LogP contribution is -2.56. The SMILES string of the molecule is CN1CCC[C@H]1COc1nc2c(c(N3C[C@H]4CC[C@@H](C3)N4C(=O)O)n1)CCN(C1CC(=O)c3ccccc31)C2. The summed E-state index contributed by atoms with van der Waals surface area (Å²) < 4.78 is 6.25. The van der Waals surface area contributed by atoms with E-state index in [0.717, 1.165) is 67.0 Å². The number of nitrogens with zero attached hydrogens (tertiary/aromatic N) is 6. The Morgan fingerprint density at radius 3 is 2.64 bits per heavy atom. The predicted octanol–water partition coefficient (Wildman–Crippen LogP) is 2.97. The maximum absolute atomic E-state index is 12.7. The van der Waals surface area contributed by atoms with Gasteiger partial charge in [-0.2, -0.15) is 9.97 Å². The Hall–Kier alpha value is -3.24. The van der Waals surface area contributed by atoms with Crippen molar-refractivity contribution in [2.24, 2.45) is 0 Å². The number of fused-ring (bicyclic) bond motifs is 4. The lowest BCUT2D eigenvalue weighted by molar-refractivity contribution is 0.0942. The molecule has 1 N–H and O–H groups in total. The van der Waals surface area contributed by atoms with E-state index in [1.807, 2.05) is 18.2 Å². The minimum absolute atomic E-state index is 0.00976. The zero-order valence-electron chi connectivity index (χ0n) is 22.5. The predicted molar refractivity (Wildman–Crippen MR) is 144 cm³/mol. The summed E-state index contributed by atoms with van der Waals surface area (Å²) in [6.07, 6.45) is 4.54. The van der Waals surface area contributed by atoms with Gasteiger partial charge < -0.3 is 19.6 Å². The molecule has 2 bridgehead atoms. The first-order valence-electron chi connectivity index (χ1n) is 14.3. The fourth-order valence-corrected chi connectivity index (χ4v) is 7.51. The number of ether oxygens (including phenoxy) is 1. The van der Waals surface area contributed by atoms with Gasteiger partial charge in [0.1, 0.15) is 12.4 Å². The summed E-state index contributed by atoms with van der Waals surface area (Å²) in [5, 5.41) is 9.76. The summed E-state index contributed by atoms with van der Waals surface area (Å²) >= 11 is 0.